The number of methoxy groups -OCH3 is 1. The predicted molar refractivity (Wildman–Crippen MR) is 86.1 cm³/mol. The smallest absolute Gasteiger partial charge is 0.165 e. The van der Waals surface area contributed by atoms with Gasteiger partial charge in [-0.05, 0) is 25.8 Å². The first-order chi connectivity index (χ1) is 10.3. The third-order valence-electron chi connectivity index (χ3n) is 2.96. The minimum Gasteiger partial charge on any atom is -0.490 e. The van der Waals surface area contributed by atoms with Crippen molar-refractivity contribution in [2.75, 3.05) is 33.5 Å². The molecule has 21 heavy (non-hydrogen) atoms. The SMILES string of the molecule is C=CCCCOc1c(CNCCOC)cccc1OCC. The highest BCUT2D eigenvalue weighted by molar-refractivity contribution is 5.46. The Bertz CT molecular complexity index is 407. The highest BCUT2D eigenvalue weighted by Gasteiger charge is 2.10. The Hall–Kier alpha value is -1.52. The van der Waals surface area contributed by atoms with Crippen molar-refractivity contribution >= 4 is 0 Å². The number of nitrogens with one attached hydrogen (secondary N) is 1. The first-order valence-corrected chi connectivity index (χ1v) is 7.51. The highest BCUT2D eigenvalue weighted by atomic mass is 16.5. The molecule has 1 N–H and O–H groups in total. The van der Waals surface area contributed by atoms with Crippen LogP contribution in [0.4, 0.5) is 0 Å². The lowest BCUT2D eigenvalue weighted by atomic mass is 10.2. The molecule has 0 atom stereocenters. The topological polar surface area (TPSA) is 39.7 Å². The maximum atomic E-state index is 5.94. The van der Waals surface area contributed by atoms with Gasteiger partial charge in [-0.2, -0.15) is 0 Å². The van der Waals surface area contributed by atoms with Crippen molar-refractivity contribution in [3.05, 3.63) is 36.4 Å². The molecule has 0 radical (unpaired) electrons. The highest BCUT2D eigenvalue weighted by Crippen LogP contribution is 2.31. The van der Waals surface area contributed by atoms with Gasteiger partial charge in [0, 0.05) is 25.8 Å². The van der Waals surface area contributed by atoms with Crippen LogP contribution < -0.4 is 14.8 Å². The van der Waals surface area contributed by atoms with Crippen LogP contribution in [-0.4, -0.2) is 33.5 Å². The summed E-state index contributed by atoms with van der Waals surface area (Å²) < 4.78 is 16.6. The maximum Gasteiger partial charge on any atom is 0.165 e. The summed E-state index contributed by atoms with van der Waals surface area (Å²) in [4.78, 5) is 0. The van der Waals surface area contributed by atoms with Crippen molar-refractivity contribution in [1.29, 1.82) is 0 Å². The standard InChI is InChI=1S/C17H27NO3/c1-4-6-7-12-21-17-15(14-18-11-13-19-3)9-8-10-16(17)20-5-2/h4,8-10,18H,1,5-7,11-14H2,2-3H3. The summed E-state index contributed by atoms with van der Waals surface area (Å²) in [7, 11) is 1.70. The zero-order chi connectivity index (χ0) is 15.3. The fourth-order valence-electron chi connectivity index (χ4n) is 1.93. The molecule has 4 heteroatoms. The number of hydrogen-bond donors (Lipinski definition) is 1. The summed E-state index contributed by atoms with van der Waals surface area (Å²) in [5.74, 6) is 1.65. The van der Waals surface area contributed by atoms with Crippen molar-refractivity contribution in [3.8, 4) is 11.5 Å². The van der Waals surface area contributed by atoms with Gasteiger partial charge in [0.15, 0.2) is 11.5 Å². The second-order valence-corrected chi connectivity index (χ2v) is 4.63. The molecule has 0 aliphatic heterocycles. The van der Waals surface area contributed by atoms with Gasteiger partial charge in [-0.1, -0.05) is 18.2 Å². The zero-order valence-electron chi connectivity index (χ0n) is 13.2. The number of ether oxygens (including phenoxy) is 3. The first-order valence-electron chi connectivity index (χ1n) is 7.51. The zero-order valence-corrected chi connectivity index (χ0v) is 13.2. The van der Waals surface area contributed by atoms with E-state index in [0.29, 0.717) is 19.8 Å². The molecule has 0 aliphatic carbocycles. The van der Waals surface area contributed by atoms with Crippen LogP contribution in [-0.2, 0) is 11.3 Å². The van der Waals surface area contributed by atoms with Crippen LogP contribution in [0.15, 0.2) is 30.9 Å². The van der Waals surface area contributed by atoms with Crippen molar-refractivity contribution in [2.45, 2.75) is 26.3 Å². The van der Waals surface area contributed by atoms with Crippen LogP contribution >= 0.6 is 0 Å². The van der Waals surface area contributed by atoms with E-state index < -0.39 is 0 Å². The molecule has 0 unspecified atom stereocenters. The fraction of sp³-hybridized carbons (Fsp3) is 0.529. The number of rotatable bonds is 12. The second kappa shape index (κ2) is 11.2. The Morgan fingerprint density at radius 1 is 1.24 bits per heavy atom. The van der Waals surface area contributed by atoms with Gasteiger partial charge >= 0.3 is 0 Å². The van der Waals surface area contributed by atoms with E-state index in [4.69, 9.17) is 14.2 Å². The molecular weight excluding hydrogens is 266 g/mol. The maximum absolute atomic E-state index is 5.94. The molecule has 0 heterocycles. The van der Waals surface area contributed by atoms with Crippen LogP contribution in [0.3, 0.4) is 0 Å². The van der Waals surface area contributed by atoms with E-state index in [1.165, 1.54) is 0 Å². The number of unbranched alkanes of at least 4 members (excludes halogenated alkanes) is 1. The second-order valence-electron chi connectivity index (χ2n) is 4.63. The molecule has 4 nitrogen and oxygen atoms in total. The molecule has 0 fully saturated rings. The minimum absolute atomic E-state index is 0.629. The summed E-state index contributed by atoms with van der Waals surface area (Å²) >= 11 is 0. The van der Waals surface area contributed by atoms with Crippen molar-refractivity contribution < 1.29 is 14.2 Å². The lowest BCUT2D eigenvalue weighted by Crippen LogP contribution is -2.19. The fourth-order valence-corrected chi connectivity index (χ4v) is 1.93. The monoisotopic (exact) mass is 293 g/mol. The molecule has 118 valence electrons. The summed E-state index contributed by atoms with van der Waals surface area (Å²) in [5.41, 5.74) is 1.11. The van der Waals surface area contributed by atoms with Crippen LogP contribution in [0.25, 0.3) is 0 Å². The van der Waals surface area contributed by atoms with E-state index in [1.54, 1.807) is 7.11 Å². The normalized spacial score (nSPS) is 10.4. The average molecular weight is 293 g/mol. The third-order valence-corrected chi connectivity index (χ3v) is 2.96. The predicted octanol–water partition coefficient (Wildman–Crippen LogP) is 3.17. The van der Waals surface area contributed by atoms with Gasteiger partial charge < -0.3 is 19.5 Å². The van der Waals surface area contributed by atoms with Crippen molar-refractivity contribution in [3.63, 3.8) is 0 Å². The van der Waals surface area contributed by atoms with Gasteiger partial charge in [-0.15, -0.1) is 6.58 Å². The molecule has 0 aromatic heterocycles. The van der Waals surface area contributed by atoms with Gasteiger partial charge in [-0.25, -0.2) is 0 Å². The van der Waals surface area contributed by atoms with Gasteiger partial charge in [-0.3, -0.25) is 0 Å². The number of allylic oxidation sites excluding steroid dienone is 1. The molecule has 1 rings (SSSR count). The van der Waals surface area contributed by atoms with E-state index in [2.05, 4.69) is 18.0 Å². The van der Waals surface area contributed by atoms with Gasteiger partial charge in [0.05, 0.1) is 19.8 Å². The molecule has 1 aromatic rings. The van der Waals surface area contributed by atoms with E-state index in [-0.39, 0.29) is 0 Å². The Morgan fingerprint density at radius 3 is 2.81 bits per heavy atom. The summed E-state index contributed by atoms with van der Waals surface area (Å²) in [5, 5.41) is 3.34. The van der Waals surface area contributed by atoms with Crippen molar-refractivity contribution in [1.82, 2.24) is 5.32 Å². The minimum atomic E-state index is 0.629. The van der Waals surface area contributed by atoms with E-state index >= 15 is 0 Å². The van der Waals surface area contributed by atoms with Crippen LogP contribution in [0.1, 0.15) is 25.3 Å². The van der Waals surface area contributed by atoms with Crippen LogP contribution in [0.2, 0.25) is 0 Å². The first kappa shape index (κ1) is 17.5. The molecule has 0 bridgehead atoms. The molecule has 0 saturated heterocycles. The summed E-state index contributed by atoms with van der Waals surface area (Å²) in [6, 6.07) is 6.01. The largest absolute Gasteiger partial charge is 0.490 e. The van der Waals surface area contributed by atoms with E-state index in [1.807, 2.05) is 25.1 Å². The molecule has 1 aromatic carbocycles. The molecule has 0 amide bonds. The number of hydrogen-bond acceptors (Lipinski definition) is 4. The Balaban J connectivity index is 2.68. The number of para-hydroxylation sites is 1. The quantitative estimate of drug-likeness (QED) is 0.475. The van der Waals surface area contributed by atoms with Crippen LogP contribution in [0.5, 0.6) is 11.5 Å². The van der Waals surface area contributed by atoms with Crippen LogP contribution in [0, 0.1) is 0 Å². The number of benzene rings is 1. The third kappa shape index (κ3) is 6.65. The van der Waals surface area contributed by atoms with Crippen molar-refractivity contribution in [2.24, 2.45) is 0 Å². The molecule has 0 saturated carbocycles. The Kier molecular flexibility index (Phi) is 9.33. The molecule has 0 spiro atoms. The van der Waals surface area contributed by atoms with Gasteiger partial charge in [0.2, 0.25) is 0 Å². The molecule has 0 aliphatic rings. The summed E-state index contributed by atoms with van der Waals surface area (Å²) in [6.07, 6.45) is 3.82. The van der Waals surface area contributed by atoms with E-state index in [0.717, 1.165) is 43.0 Å². The van der Waals surface area contributed by atoms with Gasteiger partial charge in [0.25, 0.3) is 0 Å². The van der Waals surface area contributed by atoms with E-state index in [9.17, 15) is 0 Å². The lowest BCUT2D eigenvalue weighted by molar-refractivity contribution is 0.199. The molecular formula is C17H27NO3. The average Bonchev–Trinajstić information content (AvgIpc) is 2.50. The van der Waals surface area contributed by atoms with Gasteiger partial charge in [0.1, 0.15) is 0 Å². The Morgan fingerprint density at radius 2 is 2.10 bits per heavy atom. The summed E-state index contributed by atoms with van der Waals surface area (Å²) in [6.45, 7) is 9.24. The Labute approximate surface area is 128 Å². The lowest BCUT2D eigenvalue weighted by Gasteiger charge is -2.16.